The lowest BCUT2D eigenvalue weighted by Gasteiger charge is -2.21. The molecule has 4 heterocycles. The van der Waals surface area contributed by atoms with Crippen LogP contribution in [0.15, 0.2) is 54.9 Å². The highest BCUT2D eigenvalue weighted by molar-refractivity contribution is 5.96. The Bertz CT molecular complexity index is 1510. The zero-order valence-electron chi connectivity index (χ0n) is 24.7. The predicted octanol–water partition coefficient (Wildman–Crippen LogP) is 2.80. The molecule has 0 unspecified atom stereocenters. The molecular formula is C32H36N6O6. The number of aromatic nitrogens is 2. The largest absolute Gasteiger partial charge is 0.493 e. The van der Waals surface area contributed by atoms with Gasteiger partial charge in [0.2, 0.25) is 5.95 Å². The van der Waals surface area contributed by atoms with Crippen LogP contribution in [0.1, 0.15) is 53.0 Å². The van der Waals surface area contributed by atoms with E-state index in [1.54, 1.807) is 35.2 Å². The third kappa shape index (κ3) is 7.36. The molecule has 2 aromatic carbocycles. The fraction of sp³-hybridized carbons (Fsp3) is 0.406. The number of carbonyl (C=O) groups excluding carboxylic acids is 3. The van der Waals surface area contributed by atoms with Crippen LogP contribution in [0.2, 0.25) is 0 Å². The molecule has 0 spiro atoms. The molecule has 1 saturated carbocycles. The van der Waals surface area contributed by atoms with Gasteiger partial charge in [0.15, 0.2) is 6.61 Å². The number of ether oxygens (including phenoxy) is 3. The third-order valence-corrected chi connectivity index (χ3v) is 7.58. The Labute approximate surface area is 255 Å². The van der Waals surface area contributed by atoms with Crippen LogP contribution in [0.25, 0.3) is 0 Å². The summed E-state index contributed by atoms with van der Waals surface area (Å²) in [5.74, 6) is 1.44. The SMILES string of the molecule is CC(C)Nc1ncc(C(=O)N2C[C@@H]3NC(=O)c4cc(cc(OCC5CC5)c4)OCC(=O)NCc4ccc(cc4)O[C@H]3C2)cn1. The number of nitrogens with one attached hydrogen (secondary N) is 3. The number of fused-ring (bicyclic) bond motifs is 7. The van der Waals surface area contributed by atoms with Gasteiger partial charge in [0.1, 0.15) is 23.4 Å². The van der Waals surface area contributed by atoms with Gasteiger partial charge >= 0.3 is 0 Å². The first-order chi connectivity index (χ1) is 21.3. The Hall–Kier alpha value is -4.87. The van der Waals surface area contributed by atoms with Gasteiger partial charge in [-0.25, -0.2) is 9.97 Å². The second-order valence-corrected chi connectivity index (χ2v) is 11.7. The van der Waals surface area contributed by atoms with Crippen molar-refractivity contribution in [3.63, 3.8) is 0 Å². The van der Waals surface area contributed by atoms with Gasteiger partial charge in [-0.2, -0.15) is 0 Å². The van der Waals surface area contributed by atoms with E-state index in [-0.39, 0.29) is 43.5 Å². The van der Waals surface area contributed by atoms with Crippen molar-refractivity contribution >= 4 is 23.7 Å². The van der Waals surface area contributed by atoms with Gasteiger partial charge < -0.3 is 35.1 Å². The van der Waals surface area contributed by atoms with Crippen LogP contribution in [-0.2, 0) is 11.3 Å². The Balaban J connectivity index is 1.25. The Morgan fingerprint density at radius 1 is 1.07 bits per heavy atom. The number of likely N-dealkylation sites (tertiary alicyclic amines) is 1. The molecule has 12 heteroatoms. The second-order valence-electron chi connectivity index (χ2n) is 11.7. The molecule has 2 fully saturated rings. The van der Waals surface area contributed by atoms with E-state index in [2.05, 4.69) is 25.9 Å². The smallest absolute Gasteiger partial charge is 0.258 e. The number of benzene rings is 2. The van der Waals surface area contributed by atoms with E-state index in [0.29, 0.717) is 53.4 Å². The quantitative estimate of drug-likeness (QED) is 0.389. The Kier molecular flexibility index (Phi) is 8.49. The van der Waals surface area contributed by atoms with Gasteiger partial charge in [-0.3, -0.25) is 14.4 Å². The van der Waals surface area contributed by atoms with Crippen molar-refractivity contribution < 1.29 is 28.6 Å². The minimum atomic E-state index is -0.531. The number of nitrogens with zero attached hydrogens (tertiary/aromatic N) is 3. The first-order valence-corrected chi connectivity index (χ1v) is 14.9. The van der Waals surface area contributed by atoms with Crippen molar-refractivity contribution in [3.8, 4) is 17.2 Å². The summed E-state index contributed by atoms with van der Waals surface area (Å²) in [6.45, 7) is 5.08. The fourth-order valence-corrected chi connectivity index (χ4v) is 5.03. The number of amides is 3. The number of rotatable bonds is 6. The maximum atomic E-state index is 13.6. The van der Waals surface area contributed by atoms with Crippen molar-refractivity contribution in [3.05, 3.63) is 71.5 Å². The summed E-state index contributed by atoms with van der Waals surface area (Å²) in [5.41, 5.74) is 1.54. The van der Waals surface area contributed by atoms with E-state index in [4.69, 9.17) is 14.2 Å². The molecule has 12 nitrogen and oxygen atoms in total. The molecule has 4 aliphatic rings. The van der Waals surface area contributed by atoms with Gasteiger partial charge in [0, 0.05) is 43.2 Å². The lowest BCUT2D eigenvalue weighted by atomic mass is 10.1. The average Bonchev–Trinajstić information content (AvgIpc) is 3.77. The molecule has 1 aromatic heterocycles. The molecular weight excluding hydrogens is 564 g/mol. The number of carbonyl (C=O) groups is 3. The third-order valence-electron chi connectivity index (χ3n) is 7.58. The number of hydrogen-bond acceptors (Lipinski definition) is 9. The first kappa shape index (κ1) is 29.2. The van der Waals surface area contributed by atoms with Gasteiger partial charge in [-0.1, -0.05) is 12.1 Å². The Morgan fingerprint density at radius 3 is 2.57 bits per heavy atom. The van der Waals surface area contributed by atoms with Gasteiger partial charge in [0.05, 0.1) is 24.8 Å². The monoisotopic (exact) mass is 600 g/mol. The molecule has 3 aromatic rings. The molecule has 1 aliphatic carbocycles. The van der Waals surface area contributed by atoms with Crippen molar-refractivity contribution in [1.82, 2.24) is 25.5 Å². The van der Waals surface area contributed by atoms with Gasteiger partial charge in [-0.05, 0) is 62.4 Å². The zero-order valence-corrected chi connectivity index (χ0v) is 24.7. The highest BCUT2D eigenvalue weighted by Gasteiger charge is 2.39. The summed E-state index contributed by atoms with van der Waals surface area (Å²) in [7, 11) is 0. The van der Waals surface area contributed by atoms with Crippen molar-refractivity contribution in [2.45, 2.75) is 51.4 Å². The van der Waals surface area contributed by atoms with Crippen LogP contribution < -0.4 is 30.2 Å². The highest BCUT2D eigenvalue weighted by Crippen LogP contribution is 2.31. The van der Waals surface area contributed by atoms with Crippen LogP contribution in [-0.4, -0.2) is 77.1 Å². The minimum absolute atomic E-state index is 0.154. The van der Waals surface area contributed by atoms with Crippen LogP contribution in [0.3, 0.4) is 0 Å². The van der Waals surface area contributed by atoms with E-state index in [0.717, 1.165) is 18.4 Å². The predicted molar refractivity (Wildman–Crippen MR) is 161 cm³/mol. The lowest BCUT2D eigenvalue weighted by Crippen LogP contribution is -2.45. The van der Waals surface area contributed by atoms with Crippen LogP contribution in [0, 0.1) is 5.92 Å². The normalized spacial score (nSPS) is 20.1. The average molecular weight is 601 g/mol. The van der Waals surface area contributed by atoms with E-state index < -0.39 is 12.1 Å². The summed E-state index contributed by atoms with van der Waals surface area (Å²) < 4.78 is 18.1. The summed E-state index contributed by atoms with van der Waals surface area (Å²) in [6, 6.07) is 11.9. The molecule has 3 N–H and O–H groups in total. The van der Waals surface area contributed by atoms with Crippen LogP contribution >= 0.6 is 0 Å². The fourth-order valence-electron chi connectivity index (χ4n) is 5.03. The number of anilines is 1. The van der Waals surface area contributed by atoms with Crippen LogP contribution in [0.5, 0.6) is 17.2 Å². The van der Waals surface area contributed by atoms with Crippen molar-refractivity contribution in [1.29, 1.82) is 0 Å². The van der Waals surface area contributed by atoms with Gasteiger partial charge in [-0.15, -0.1) is 0 Å². The zero-order chi connectivity index (χ0) is 30.6. The van der Waals surface area contributed by atoms with E-state index >= 15 is 0 Å². The van der Waals surface area contributed by atoms with Crippen molar-refractivity contribution in [2.24, 2.45) is 5.92 Å². The summed E-state index contributed by atoms with van der Waals surface area (Å²) in [5, 5.41) is 9.02. The maximum Gasteiger partial charge on any atom is 0.258 e. The standard InChI is InChI=1S/C32H36N6O6/c1-19(2)36-32-34-13-23(14-35-32)31(41)38-15-27-28(16-38)44-24-7-5-20(6-8-24)12-33-29(39)18-43-26-10-22(30(40)37-27)9-25(11-26)42-17-21-3-4-21/h5-11,13-14,19,21,27-28H,3-4,12,15-18H2,1-2H3,(H,33,39)(H,37,40)(H,34,35,36)/t27-,28-/m0/s1. The Morgan fingerprint density at radius 2 is 1.84 bits per heavy atom. The molecule has 3 aliphatic heterocycles. The molecule has 44 heavy (non-hydrogen) atoms. The molecule has 1 saturated heterocycles. The number of hydrogen-bond donors (Lipinski definition) is 3. The molecule has 3 amide bonds. The molecule has 230 valence electrons. The molecule has 2 atom stereocenters. The second kappa shape index (κ2) is 12.8. The van der Waals surface area contributed by atoms with Crippen LogP contribution in [0.4, 0.5) is 5.95 Å². The first-order valence-electron chi connectivity index (χ1n) is 14.9. The minimum Gasteiger partial charge on any atom is -0.493 e. The summed E-state index contributed by atoms with van der Waals surface area (Å²) in [4.78, 5) is 49.8. The van der Waals surface area contributed by atoms with E-state index in [9.17, 15) is 14.4 Å². The van der Waals surface area contributed by atoms with Crippen molar-refractivity contribution in [2.75, 3.05) is 31.6 Å². The summed E-state index contributed by atoms with van der Waals surface area (Å²) >= 11 is 0. The van der Waals surface area contributed by atoms with E-state index in [1.165, 1.54) is 12.4 Å². The maximum absolute atomic E-state index is 13.6. The lowest BCUT2D eigenvalue weighted by molar-refractivity contribution is -0.123. The molecule has 0 radical (unpaired) electrons. The topological polar surface area (TPSA) is 144 Å². The summed E-state index contributed by atoms with van der Waals surface area (Å²) in [6.07, 6.45) is 4.71. The van der Waals surface area contributed by atoms with Gasteiger partial charge in [0.25, 0.3) is 17.7 Å². The van der Waals surface area contributed by atoms with E-state index in [1.807, 2.05) is 26.0 Å². The molecule has 4 bridgehead atoms. The molecule has 7 rings (SSSR count). The highest BCUT2D eigenvalue weighted by atomic mass is 16.5.